The largest absolute Gasteiger partial charge is 0.314 e. The molecule has 0 spiro atoms. The average Bonchev–Trinajstić information content (AvgIpc) is 2.28. The summed E-state index contributed by atoms with van der Waals surface area (Å²) >= 11 is 0. The summed E-state index contributed by atoms with van der Waals surface area (Å²) in [7, 11) is -3.04. The molecular formula is C11H22N2O2S. The number of fused-ring (bicyclic) bond motifs is 1. The lowest BCUT2D eigenvalue weighted by atomic mass is 9.86. The second kappa shape index (κ2) is 4.63. The van der Waals surface area contributed by atoms with E-state index in [4.69, 9.17) is 0 Å². The van der Waals surface area contributed by atoms with Gasteiger partial charge in [-0.25, -0.2) is 12.7 Å². The molecule has 2 atom stereocenters. The molecular weight excluding hydrogens is 224 g/mol. The second-order valence-electron chi connectivity index (χ2n) is 5.20. The lowest BCUT2D eigenvalue weighted by Crippen LogP contribution is -2.54. The summed E-state index contributed by atoms with van der Waals surface area (Å²) in [5.74, 6) is 0.524. The van der Waals surface area contributed by atoms with Crippen LogP contribution in [0.2, 0.25) is 0 Å². The molecule has 1 N–H and O–H groups in total. The number of sulfonamides is 1. The summed E-state index contributed by atoms with van der Waals surface area (Å²) in [4.78, 5) is 0. The molecule has 5 heteroatoms. The van der Waals surface area contributed by atoms with Crippen LogP contribution in [0, 0.1) is 5.92 Å². The minimum Gasteiger partial charge on any atom is -0.314 e. The number of rotatable bonds is 2. The number of nitrogens with zero attached hydrogens (tertiary/aromatic N) is 1. The maximum atomic E-state index is 12.1. The van der Waals surface area contributed by atoms with Crippen molar-refractivity contribution in [2.45, 2.75) is 44.4 Å². The molecule has 0 aromatic carbocycles. The maximum absolute atomic E-state index is 12.1. The molecule has 2 heterocycles. The maximum Gasteiger partial charge on any atom is 0.216 e. The Bertz CT molecular complexity index is 340. The predicted molar refractivity (Wildman–Crippen MR) is 64.8 cm³/mol. The van der Waals surface area contributed by atoms with Gasteiger partial charge in [0, 0.05) is 19.1 Å². The summed E-state index contributed by atoms with van der Waals surface area (Å²) in [5, 5.41) is 3.21. The van der Waals surface area contributed by atoms with E-state index in [0.29, 0.717) is 18.5 Å². The van der Waals surface area contributed by atoms with Gasteiger partial charge in [0.15, 0.2) is 0 Å². The summed E-state index contributed by atoms with van der Waals surface area (Å²) in [6.45, 7) is 6.03. The molecule has 0 aromatic rings. The molecule has 0 amide bonds. The molecule has 0 bridgehead atoms. The van der Waals surface area contributed by atoms with E-state index in [0.717, 1.165) is 19.5 Å². The molecule has 4 nitrogen and oxygen atoms in total. The zero-order valence-electron chi connectivity index (χ0n) is 10.1. The Morgan fingerprint density at radius 3 is 2.75 bits per heavy atom. The van der Waals surface area contributed by atoms with Crippen molar-refractivity contribution in [1.29, 1.82) is 0 Å². The van der Waals surface area contributed by atoms with Gasteiger partial charge in [-0.05, 0) is 45.6 Å². The van der Waals surface area contributed by atoms with Crippen LogP contribution in [0.25, 0.3) is 0 Å². The summed E-state index contributed by atoms with van der Waals surface area (Å²) in [6, 6.07) is 0.548. The van der Waals surface area contributed by atoms with E-state index >= 15 is 0 Å². The number of nitrogens with one attached hydrogen (secondary N) is 1. The molecule has 2 aliphatic rings. The van der Waals surface area contributed by atoms with Crippen molar-refractivity contribution < 1.29 is 8.42 Å². The van der Waals surface area contributed by atoms with Gasteiger partial charge < -0.3 is 5.32 Å². The van der Waals surface area contributed by atoms with E-state index in [1.165, 1.54) is 12.8 Å². The van der Waals surface area contributed by atoms with E-state index in [2.05, 4.69) is 5.32 Å². The van der Waals surface area contributed by atoms with Gasteiger partial charge in [-0.1, -0.05) is 0 Å². The highest BCUT2D eigenvalue weighted by Crippen LogP contribution is 2.27. The van der Waals surface area contributed by atoms with Crippen molar-refractivity contribution in [3.63, 3.8) is 0 Å². The van der Waals surface area contributed by atoms with Crippen molar-refractivity contribution in [2.75, 3.05) is 19.6 Å². The summed E-state index contributed by atoms with van der Waals surface area (Å²) < 4.78 is 25.8. The van der Waals surface area contributed by atoms with Crippen LogP contribution in [0.5, 0.6) is 0 Å². The molecule has 16 heavy (non-hydrogen) atoms. The summed E-state index contributed by atoms with van der Waals surface area (Å²) in [6.07, 6.45) is 3.31. The van der Waals surface area contributed by atoms with E-state index in [-0.39, 0.29) is 5.25 Å². The first kappa shape index (κ1) is 12.3. The Hall–Kier alpha value is -0.130. The zero-order valence-corrected chi connectivity index (χ0v) is 11.0. The number of hydrogen-bond acceptors (Lipinski definition) is 3. The zero-order chi connectivity index (χ0) is 11.8. The number of hydrogen-bond donors (Lipinski definition) is 1. The third kappa shape index (κ3) is 2.26. The summed E-state index contributed by atoms with van der Waals surface area (Å²) in [5.41, 5.74) is 0. The third-order valence-corrected chi connectivity index (χ3v) is 6.05. The minimum atomic E-state index is -3.04. The van der Waals surface area contributed by atoms with Crippen LogP contribution >= 0.6 is 0 Å². The Labute approximate surface area is 98.4 Å². The fourth-order valence-electron chi connectivity index (χ4n) is 2.74. The van der Waals surface area contributed by atoms with Crippen LogP contribution < -0.4 is 5.32 Å². The second-order valence-corrected chi connectivity index (χ2v) is 7.69. The highest BCUT2D eigenvalue weighted by molar-refractivity contribution is 7.89. The molecule has 2 saturated heterocycles. The normalized spacial score (nSPS) is 32.7. The Kier molecular flexibility index (Phi) is 3.56. The highest BCUT2D eigenvalue weighted by Gasteiger charge is 2.36. The van der Waals surface area contributed by atoms with Gasteiger partial charge in [-0.15, -0.1) is 0 Å². The lowest BCUT2D eigenvalue weighted by molar-refractivity contribution is 0.170. The average molecular weight is 246 g/mol. The van der Waals surface area contributed by atoms with E-state index < -0.39 is 10.0 Å². The van der Waals surface area contributed by atoms with Crippen molar-refractivity contribution in [3.05, 3.63) is 0 Å². The van der Waals surface area contributed by atoms with Crippen LogP contribution in [-0.2, 0) is 10.0 Å². The Balaban J connectivity index is 2.05. The molecule has 94 valence electrons. The first-order valence-corrected chi connectivity index (χ1v) is 7.74. The van der Waals surface area contributed by atoms with Crippen molar-refractivity contribution in [1.82, 2.24) is 9.62 Å². The molecule has 0 aromatic heterocycles. The Morgan fingerprint density at radius 2 is 2.06 bits per heavy atom. The smallest absolute Gasteiger partial charge is 0.216 e. The molecule has 2 fully saturated rings. The third-order valence-electron chi connectivity index (χ3n) is 3.81. The molecule has 2 aliphatic heterocycles. The molecule has 0 radical (unpaired) electrons. The number of piperidine rings is 2. The van der Waals surface area contributed by atoms with Crippen LogP contribution in [0.15, 0.2) is 0 Å². The van der Waals surface area contributed by atoms with E-state index in [1.54, 1.807) is 18.2 Å². The van der Waals surface area contributed by atoms with Gasteiger partial charge >= 0.3 is 0 Å². The lowest BCUT2D eigenvalue weighted by Gasteiger charge is -2.41. The Morgan fingerprint density at radius 1 is 1.31 bits per heavy atom. The standard InChI is InChI=1S/C11H22N2O2S/c1-9(2)16(14,15)13-7-5-11-10(8-13)4-3-6-12-11/h9-12H,3-8H2,1-2H3/t10-,11-/m0/s1. The first-order chi connectivity index (χ1) is 7.51. The highest BCUT2D eigenvalue weighted by atomic mass is 32.2. The van der Waals surface area contributed by atoms with Gasteiger partial charge in [0.1, 0.15) is 0 Å². The molecule has 0 aliphatic carbocycles. The first-order valence-electron chi connectivity index (χ1n) is 6.24. The van der Waals surface area contributed by atoms with E-state index in [1.807, 2.05) is 0 Å². The van der Waals surface area contributed by atoms with Crippen molar-refractivity contribution in [2.24, 2.45) is 5.92 Å². The van der Waals surface area contributed by atoms with Crippen molar-refractivity contribution in [3.8, 4) is 0 Å². The monoisotopic (exact) mass is 246 g/mol. The van der Waals surface area contributed by atoms with Gasteiger partial charge in [0.25, 0.3) is 0 Å². The van der Waals surface area contributed by atoms with Crippen LogP contribution in [0.1, 0.15) is 33.1 Å². The van der Waals surface area contributed by atoms with Gasteiger partial charge in [-0.2, -0.15) is 0 Å². The SMILES string of the molecule is CC(C)S(=O)(=O)N1CC[C@@H]2NCCC[C@H]2C1. The van der Waals surface area contributed by atoms with Gasteiger partial charge in [-0.3, -0.25) is 0 Å². The molecule has 2 rings (SSSR count). The van der Waals surface area contributed by atoms with Crippen LogP contribution in [0.3, 0.4) is 0 Å². The fourth-order valence-corrected chi connectivity index (χ4v) is 4.10. The van der Waals surface area contributed by atoms with Gasteiger partial charge in [0.05, 0.1) is 5.25 Å². The van der Waals surface area contributed by atoms with Gasteiger partial charge in [0.2, 0.25) is 10.0 Å². The van der Waals surface area contributed by atoms with Crippen LogP contribution in [-0.4, -0.2) is 43.6 Å². The van der Waals surface area contributed by atoms with Crippen LogP contribution in [0.4, 0.5) is 0 Å². The molecule has 0 saturated carbocycles. The van der Waals surface area contributed by atoms with E-state index in [9.17, 15) is 8.42 Å². The molecule has 0 unspecified atom stereocenters. The quantitative estimate of drug-likeness (QED) is 0.784. The minimum absolute atomic E-state index is 0.291. The predicted octanol–water partition coefficient (Wildman–Crippen LogP) is 0.798. The van der Waals surface area contributed by atoms with Crippen molar-refractivity contribution >= 4 is 10.0 Å². The topological polar surface area (TPSA) is 49.4 Å². The fraction of sp³-hybridized carbons (Fsp3) is 1.00.